The Labute approximate surface area is 310 Å². The van der Waals surface area contributed by atoms with Crippen molar-refractivity contribution in [3.8, 4) is 0 Å². The molecule has 0 aliphatic rings. The van der Waals surface area contributed by atoms with Gasteiger partial charge in [-0.1, -0.05) is 6.58 Å². The molecule has 0 N–H and O–H groups in total. The number of esters is 1. The number of rotatable bonds is 46. The Hall–Kier alpha value is -1.39. The number of ether oxygens (including phenoxy) is 16. The molecule has 0 amide bonds. The van der Waals surface area contributed by atoms with Crippen LogP contribution in [0.3, 0.4) is 0 Å². The quantitative estimate of drug-likeness (QED) is 0.0490. The van der Waals surface area contributed by atoms with E-state index >= 15 is 0 Å². The lowest BCUT2D eigenvalue weighted by molar-refractivity contribution is -0.140. The van der Waals surface area contributed by atoms with Gasteiger partial charge in [0.15, 0.2) is 0 Å². The van der Waals surface area contributed by atoms with Crippen molar-refractivity contribution >= 4 is 5.97 Å². The van der Waals surface area contributed by atoms with E-state index in [1.54, 1.807) is 14.0 Å². The summed E-state index contributed by atoms with van der Waals surface area (Å²) in [4.78, 5) is 11.2. The average molecular weight is 761 g/mol. The molecule has 0 aromatic rings. The van der Waals surface area contributed by atoms with Crippen molar-refractivity contribution in [2.45, 2.75) is 6.92 Å². The Kier molecular flexibility index (Phi) is 44.5. The molecule has 0 saturated heterocycles. The minimum absolute atomic E-state index is 0.196. The molecule has 0 radical (unpaired) electrons. The van der Waals surface area contributed by atoms with Gasteiger partial charge in [-0.25, -0.2) is 4.79 Å². The molecule has 0 fully saturated rings. The van der Waals surface area contributed by atoms with Crippen LogP contribution in [0.25, 0.3) is 0 Å². The Morgan fingerprint density at radius 2 is 0.462 bits per heavy atom. The monoisotopic (exact) mass is 760 g/mol. The van der Waals surface area contributed by atoms with Crippen LogP contribution in [-0.2, 0) is 80.6 Å². The molecule has 0 aromatic carbocycles. The van der Waals surface area contributed by atoms with Gasteiger partial charge in [0.1, 0.15) is 6.61 Å². The summed E-state index contributed by atoms with van der Waals surface area (Å²) in [5, 5.41) is 0. The Balaban J connectivity index is 3.07. The standard InChI is InChI=1S/C35H68O17/c1-34(2)35(36)52-33-32-51-31-30-50-29-28-49-27-26-48-25-24-47-23-22-46-21-20-45-19-18-44-17-16-43-15-14-42-13-12-41-11-10-40-9-8-39-7-6-38-5-4-37-3/h1,4-33H2,2-3H3. The molecule has 0 aliphatic heterocycles. The number of hydrogen-bond acceptors (Lipinski definition) is 17. The third kappa shape index (κ3) is 44.8. The van der Waals surface area contributed by atoms with Crippen molar-refractivity contribution in [2.24, 2.45) is 0 Å². The highest BCUT2D eigenvalue weighted by atomic mass is 16.6. The van der Waals surface area contributed by atoms with E-state index in [4.69, 9.17) is 75.8 Å². The summed E-state index contributed by atoms with van der Waals surface area (Å²) in [6.45, 7) is 19.6. The molecule has 0 saturated carbocycles. The van der Waals surface area contributed by atoms with E-state index in [1.165, 1.54) is 0 Å². The van der Waals surface area contributed by atoms with E-state index in [0.717, 1.165) is 0 Å². The van der Waals surface area contributed by atoms with Gasteiger partial charge < -0.3 is 75.8 Å². The first-order chi connectivity index (χ1) is 25.7. The predicted octanol–water partition coefficient (Wildman–Crippen LogP) is 0.985. The van der Waals surface area contributed by atoms with Crippen molar-refractivity contribution in [2.75, 3.05) is 205 Å². The number of methoxy groups -OCH3 is 1. The fraction of sp³-hybridized carbons (Fsp3) is 0.914. The Morgan fingerprint density at radius 1 is 0.308 bits per heavy atom. The predicted molar refractivity (Wildman–Crippen MR) is 189 cm³/mol. The second kappa shape index (κ2) is 45.8. The molecule has 0 bridgehead atoms. The van der Waals surface area contributed by atoms with Crippen molar-refractivity contribution in [1.82, 2.24) is 0 Å². The number of hydrogen-bond donors (Lipinski definition) is 0. The van der Waals surface area contributed by atoms with E-state index in [9.17, 15) is 4.79 Å². The molecular weight excluding hydrogens is 692 g/mol. The van der Waals surface area contributed by atoms with Crippen molar-refractivity contribution in [3.63, 3.8) is 0 Å². The summed E-state index contributed by atoms with van der Waals surface area (Å²) in [7, 11) is 1.64. The smallest absolute Gasteiger partial charge is 0.333 e. The first kappa shape index (κ1) is 50.6. The first-order valence-electron chi connectivity index (χ1n) is 18.1. The summed E-state index contributed by atoms with van der Waals surface area (Å²) < 4.78 is 85.9. The highest BCUT2D eigenvalue weighted by Gasteiger charge is 2.02. The van der Waals surface area contributed by atoms with Crippen LogP contribution in [0, 0.1) is 0 Å². The number of carbonyl (C=O) groups excluding carboxylic acids is 1. The zero-order valence-corrected chi connectivity index (χ0v) is 31.9. The molecule has 52 heavy (non-hydrogen) atoms. The van der Waals surface area contributed by atoms with Crippen LogP contribution in [0.5, 0.6) is 0 Å². The van der Waals surface area contributed by atoms with Crippen LogP contribution >= 0.6 is 0 Å². The minimum Gasteiger partial charge on any atom is -0.460 e. The van der Waals surface area contributed by atoms with Crippen LogP contribution < -0.4 is 0 Å². The highest BCUT2D eigenvalue weighted by Crippen LogP contribution is 1.92. The Morgan fingerprint density at radius 3 is 0.615 bits per heavy atom. The maximum Gasteiger partial charge on any atom is 0.333 e. The zero-order valence-electron chi connectivity index (χ0n) is 31.9. The molecule has 0 aromatic heterocycles. The van der Waals surface area contributed by atoms with Gasteiger partial charge in [-0.2, -0.15) is 0 Å². The van der Waals surface area contributed by atoms with Gasteiger partial charge in [-0.05, 0) is 6.92 Å². The van der Waals surface area contributed by atoms with E-state index in [2.05, 4.69) is 6.58 Å². The Bertz CT molecular complexity index is 719. The molecule has 0 heterocycles. The normalized spacial score (nSPS) is 11.4. The van der Waals surface area contributed by atoms with E-state index in [1.807, 2.05) is 0 Å². The molecular formula is C35H68O17. The summed E-state index contributed by atoms with van der Waals surface area (Å²) in [5.74, 6) is -0.415. The summed E-state index contributed by atoms with van der Waals surface area (Å²) in [6, 6.07) is 0. The molecule has 0 atom stereocenters. The SMILES string of the molecule is C=C(C)C(=O)OCCOCCOCCOCCOCCOCCOCCOCCOCCOCCOCCOCCOCCOCCOCCOC. The first-order valence-corrected chi connectivity index (χ1v) is 18.1. The number of carbonyl (C=O) groups is 1. The fourth-order valence-electron chi connectivity index (χ4n) is 3.42. The van der Waals surface area contributed by atoms with Gasteiger partial charge >= 0.3 is 5.97 Å². The van der Waals surface area contributed by atoms with Crippen LogP contribution in [0.15, 0.2) is 12.2 Å². The second-order valence-electron chi connectivity index (χ2n) is 10.5. The lowest BCUT2D eigenvalue weighted by Crippen LogP contribution is -2.16. The van der Waals surface area contributed by atoms with E-state index in [-0.39, 0.29) is 6.61 Å². The van der Waals surface area contributed by atoms with E-state index < -0.39 is 5.97 Å². The van der Waals surface area contributed by atoms with Gasteiger partial charge in [0.05, 0.1) is 192 Å². The summed E-state index contributed by atoms with van der Waals surface area (Å²) >= 11 is 0. The maximum atomic E-state index is 11.2. The van der Waals surface area contributed by atoms with Gasteiger partial charge in [0.25, 0.3) is 0 Å². The molecule has 0 aliphatic carbocycles. The largest absolute Gasteiger partial charge is 0.460 e. The molecule has 310 valence electrons. The molecule has 0 spiro atoms. The van der Waals surface area contributed by atoms with Gasteiger partial charge in [0.2, 0.25) is 0 Å². The topological polar surface area (TPSA) is 165 Å². The highest BCUT2D eigenvalue weighted by molar-refractivity contribution is 5.86. The molecule has 0 rings (SSSR count). The maximum absolute atomic E-state index is 11.2. The summed E-state index contributed by atoms with van der Waals surface area (Å²) in [5.41, 5.74) is 0.368. The molecule has 17 heteroatoms. The van der Waals surface area contributed by atoms with Crippen LogP contribution in [0.1, 0.15) is 6.92 Å². The third-order valence-corrected chi connectivity index (χ3v) is 6.08. The fourth-order valence-corrected chi connectivity index (χ4v) is 3.42. The molecule has 17 nitrogen and oxygen atoms in total. The van der Waals surface area contributed by atoms with Gasteiger partial charge in [0, 0.05) is 12.7 Å². The zero-order chi connectivity index (χ0) is 37.7. The lowest BCUT2D eigenvalue weighted by Gasteiger charge is -2.09. The van der Waals surface area contributed by atoms with Crippen molar-refractivity contribution in [3.05, 3.63) is 12.2 Å². The minimum atomic E-state index is -0.415. The van der Waals surface area contributed by atoms with Crippen LogP contribution in [0.2, 0.25) is 0 Å². The van der Waals surface area contributed by atoms with Crippen molar-refractivity contribution in [1.29, 1.82) is 0 Å². The van der Waals surface area contributed by atoms with Gasteiger partial charge in [-0.15, -0.1) is 0 Å². The second-order valence-corrected chi connectivity index (χ2v) is 10.5. The van der Waals surface area contributed by atoms with Crippen molar-refractivity contribution < 1.29 is 80.6 Å². The average Bonchev–Trinajstić information content (AvgIpc) is 3.14. The lowest BCUT2D eigenvalue weighted by atomic mass is 10.4. The van der Waals surface area contributed by atoms with Crippen LogP contribution in [-0.4, -0.2) is 211 Å². The molecule has 0 unspecified atom stereocenters. The van der Waals surface area contributed by atoms with E-state index in [0.29, 0.717) is 197 Å². The summed E-state index contributed by atoms with van der Waals surface area (Å²) in [6.07, 6.45) is 0. The van der Waals surface area contributed by atoms with Gasteiger partial charge in [-0.3, -0.25) is 0 Å². The third-order valence-electron chi connectivity index (χ3n) is 6.08. The van der Waals surface area contributed by atoms with Crippen LogP contribution in [0.4, 0.5) is 0 Å².